The number of hydrogen-bond acceptors (Lipinski definition) is 8. The van der Waals surface area contributed by atoms with E-state index in [1.165, 1.54) is 12.0 Å². The van der Waals surface area contributed by atoms with Gasteiger partial charge in [0, 0.05) is 54.9 Å². The molecule has 8 nitrogen and oxygen atoms in total. The van der Waals surface area contributed by atoms with Gasteiger partial charge in [-0.2, -0.15) is 15.2 Å². The van der Waals surface area contributed by atoms with E-state index in [9.17, 15) is 5.26 Å². The molecule has 3 aliphatic heterocycles. The first-order chi connectivity index (χ1) is 19.5. The summed E-state index contributed by atoms with van der Waals surface area (Å²) in [6.45, 7) is 5.10. The summed E-state index contributed by atoms with van der Waals surface area (Å²) in [5.41, 5.74) is 3.19. The molecule has 0 radical (unpaired) electrons. The molecule has 1 saturated carbocycles. The number of rotatable bonds is 6. The average molecular weight is 558 g/mol. The number of nitrogens with zero attached hydrogens (tertiary/aromatic N) is 6. The first kappa shape index (κ1) is 25.8. The van der Waals surface area contributed by atoms with Crippen molar-refractivity contribution in [2.45, 2.75) is 62.8 Å². The largest absolute Gasteiger partial charge is 0.455 e. The van der Waals surface area contributed by atoms with Gasteiger partial charge in [0.1, 0.15) is 11.4 Å². The number of anilines is 2. The number of hydrogen-bond donors (Lipinski definition) is 1. The van der Waals surface area contributed by atoms with Crippen molar-refractivity contribution < 1.29 is 4.74 Å². The second-order valence-electron chi connectivity index (χ2n) is 11.8. The number of likely N-dealkylation sites (N-methyl/N-ethyl adjacent to an activating group) is 1. The predicted octanol–water partition coefficient (Wildman–Crippen LogP) is 4.54. The van der Waals surface area contributed by atoms with Crippen LogP contribution in [0.25, 0.3) is 10.8 Å². The lowest BCUT2D eigenvalue weighted by Gasteiger charge is -2.38. The monoisotopic (exact) mass is 557 g/mol. The number of benzene rings is 2. The van der Waals surface area contributed by atoms with Crippen LogP contribution in [-0.4, -0.2) is 72.3 Å². The van der Waals surface area contributed by atoms with Crippen LogP contribution in [0.5, 0.6) is 6.01 Å². The second kappa shape index (κ2) is 10.4. The Balaban J connectivity index is 1.26. The van der Waals surface area contributed by atoms with E-state index in [2.05, 4.69) is 57.4 Å². The summed E-state index contributed by atoms with van der Waals surface area (Å²) in [7, 11) is 2.21. The molecule has 7 rings (SSSR count). The molecular formula is C31H36ClN7O. The number of halogens is 1. The van der Waals surface area contributed by atoms with Gasteiger partial charge in [-0.25, -0.2) is 0 Å². The molecule has 2 saturated heterocycles. The molecule has 0 amide bonds. The normalized spacial score (nSPS) is 24.1. The van der Waals surface area contributed by atoms with Gasteiger partial charge < -0.3 is 19.9 Å². The molecule has 3 fully saturated rings. The first-order valence-electron chi connectivity index (χ1n) is 14.6. The Morgan fingerprint density at radius 3 is 2.75 bits per heavy atom. The van der Waals surface area contributed by atoms with Gasteiger partial charge in [0.25, 0.3) is 0 Å². The fraction of sp³-hybridized carbons (Fsp3) is 0.516. The zero-order valence-electron chi connectivity index (χ0n) is 23.1. The number of aromatic nitrogens is 2. The van der Waals surface area contributed by atoms with E-state index in [0.717, 1.165) is 91.4 Å². The lowest BCUT2D eigenvalue weighted by atomic mass is 10.0. The molecule has 1 N–H and O–H groups in total. The molecule has 208 valence electrons. The molecule has 3 aromatic rings. The van der Waals surface area contributed by atoms with Gasteiger partial charge in [0.15, 0.2) is 0 Å². The van der Waals surface area contributed by atoms with Crippen LogP contribution in [0.1, 0.15) is 43.4 Å². The van der Waals surface area contributed by atoms with Crippen LogP contribution in [0.4, 0.5) is 11.5 Å². The van der Waals surface area contributed by atoms with Crippen LogP contribution in [0.2, 0.25) is 5.02 Å². The Hall–Kier alpha value is -3.12. The summed E-state index contributed by atoms with van der Waals surface area (Å²) >= 11 is 6.71. The Morgan fingerprint density at radius 1 is 1.12 bits per heavy atom. The SMILES string of the molecule is CN1CCC[C@H]1C1(Oc2nc3c(c(N4CCN[C@@H](CC#N)C4)n2)CCN(c2cccc4cccc(Cl)c24)C3)CC1. The zero-order valence-corrected chi connectivity index (χ0v) is 23.8. The van der Waals surface area contributed by atoms with E-state index in [4.69, 9.17) is 26.3 Å². The van der Waals surface area contributed by atoms with Crippen LogP contribution >= 0.6 is 11.6 Å². The van der Waals surface area contributed by atoms with Crippen molar-refractivity contribution in [3.05, 3.63) is 52.7 Å². The highest BCUT2D eigenvalue weighted by Gasteiger charge is 2.55. The van der Waals surface area contributed by atoms with Gasteiger partial charge in [0.2, 0.25) is 0 Å². The third-order valence-corrected chi connectivity index (χ3v) is 9.57. The maximum absolute atomic E-state index is 9.33. The van der Waals surface area contributed by atoms with E-state index in [-0.39, 0.29) is 11.6 Å². The maximum Gasteiger partial charge on any atom is 0.319 e. The van der Waals surface area contributed by atoms with Crippen molar-refractivity contribution in [3.8, 4) is 12.1 Å². The molecule has 2 aromatic carbocycles. The highest BCUT2D eigenvalue weighted by molar-refractivity contribution is 6.36. The number of ether oxygens (including phenoxy) is 1. The van der Waals surface area contributed by atoms with E-state index in [1.54, 1.807) is 0 Å². The number of nitriles is 1. The molecule has 0 bridgehead atoms. The predicted molar refractivity (Wildman–Crippen MR) is 158 cm³/mol. The zero-order chi connectivity index (χ0) is 27.3. The van der Waals surface area contributed by atoms with E-state index >= 15 is 0 Å². The summed E-state index contributed by atoms with van der Waals surface area (Å²) in [4.78, 5) is 17.4. The highest BCUT2D eigenvalue weighted by atomic mass is 35.5. The number of fused-ring (bicyclic) bond motifs is 2. The van der Waals surface area contributed by atoms with Crippen molar-refractivity contribution in [1.29, 1.82) is 5.26 Å². The molecule has 0 spiro atoms. The third-order valence-electron chi connectivity index (χ3n) is 9.25. The summed E-state index contributed by atoms with van der Waals surface area (Å²) < 4.78 is 6.77. The van der Waals surface area contributed by atoms with Gasteiger partial charge in [0.05, 0.1) is 29.8 Å². The minimum absolute atomic E-state index is 0.133. The standard InChI is InChI=1S/C31H36ClN7O/c1-37-16-4-9-27(37)31(12-13-31)40-30-35-25-20-38(26-8-3-6-21-5-2-7-24(32)28(21)26)17-11-23(25)29(36-30)39-18-15-34-22(19-39)10-14-33/h2-3,5-8,22,27,34H,4,9-13,15-20H2,1H3/t22-,27-/m0/s1. The smallest absolute Gasteiger partial charge is 0.319 e. The fourth-order valence-electron chi connectivity index (χ4n) is 7.09. The summed E-state index contributed by atoms with van der Waals surface area (Å²) in [6, 6.07) is 15.9. The van der Waals surface area contributed by atoms with Crippen molar-refractivity contribution in [2.75, 3.05) is 49.6 Å². The van der Waals surface area contributed by atoms with E-state index in [0.29, 0.717) is 25.0 Å². The molecule has 40 heavy (non-hydrogen) atoms. The molecule has 2 atom stereocenters. The Kier molecular flexibility index (Phi) is 6.69. The number of piperazine rings is 1. The first-order valence-corrected chi connectivity index (χ1v) is 15.0. The van der Waals surface area contributed by atoms with E-state index < -0.39 is 0 Å². The van der Waals surface area contributed by atoms with Crippen molar-refractivity contribution in [1.82, 2.24) is 20.2 Å². The highest BCUT2D eigenvalue weighted by Crippen LogP contribution is 2.48. The molecular weight excluding hydrogens is 522 g/mol. The Morgan fingerprint density at radius 2 is 1.98 bits per heavy atom. The Bertz CT molecular complexity index is 1460. The average Bonchev–Trinajstić information content (AvgIpc) is 3.61. The topological polar surface area (TPSA) is 80.5 Å². The van der Waals surface area contributed by atoms with Crippen LogP contribution in [0.3, 0.4) is 0 Å². The van der Waals surface area contributed by atoms with Gasteiger partial charge in [-0.15, -0.1) is 0 Å². The summed E-state index contributed by atoms with van der Waals surface area (Å²) in [5, 5.41) is 15.8. The maximum atomic E-state index is 9.33. The molecule has 9 heteroatoms. The van der Waals surface area contributed by atoms with Crippen molar-refractivity contribution in [3.63, 3.8) is 0 Å². The number of likely N-dealkylation sites (tertiary alicyclic amines) is 1. The molecule has 0 unspecified atom stereocenters. The van der Waals surface area contributed by atoms with Crippen molar-refractivity contribution >= 4 is 33.9 Å². The third kappa shape index (κ3) is 4.64. The van der Waals surface area contributed by atoms with Gasteiger partial charge in [-0.3, -0.25) is 4.90 Å². The molecule has 4 heterocycles. The molecule has 1 aromatic heterocycles. The van der Waals surface area contributed by atoms with Crippen LogP contribution < -0.4 is 19.9 Å². The molecule has 4 aliphatic rings. The minimum atomic E-state index is -0.179. The van der Waals surface area contributed by atoms with Gasteiger partial charge >= 0.3 is 6.01 Å². The van der Waals surface area contributed by atoms with E-state index in [1.807, 2.05) is 12.1 Å². The lowest BCUT2D eigenvalue weighted by molar-refractivity contribution is 0.0759. The second-order valence-corrected chi connectivity index (χ2v) is 12.2. The lowest BCUT2D eigenvalue weighted by Crippen LogP contribution is -2.51. The van der Waals surface area contributed by atoms with Crippen molar-refractivity contribution in [2.24, 2.45) is 0 Å². The van der Waals surface area contributed by atoms with Crippen LogP contribution in [-0.2, 0) is 13.0 Å². The Labute approximate surface area is 240 Å². The minimum Gasteiger partial charge on any atom is -0.455 e. The molecule has 1 aliphatic carbocycles. The number of nitrogens with one attached hydrogen (secondary N) is 1. The fourth-order valence-corrected chi connectivity index (χ4v) is 7.37. The van der Waals surface area contributed by atoms with Gasteiger partial charge in [-0.1, -0.05) is 35.9 Å². The van der Waals surface area contributed by atoms with Crippen LogP contribution in [0, 0.1) is 11.3 Å². The van der Waals surface area contributed by atoms with Gasteiger partial charge in [-0.05, 0) is 63.2 Å². The van der Waals surface area contributed by atoms with Crippen LogP contribution in [0.15, 0.2) is 36.4 Å². The summed E-state index contributed by atoms with van der Waals surface area (Å²) in [6.07, 6.45) is 5.81. The summed E-state index contributed by atoms with van der Waals surface area (Å²) in [5.74, 6) is 0.982. The quantitative estimate of drug-likeness (QED) is 0.473.